The topological polar surface area (TPSA) is 47.6 Å². The summed E-state index contributed by atoms with van der Waals surface area (Å²) in [7, 11) is 2.11. The normalized spacial score (nSPS) is 16.2. The van der Waals surface area contributed by atoms with Crippen LogP contribution in [0.4, 0.5) is 5.69 Å². The molecule has 5 rings (SSSR count). The minimum atomic E-state index is -0.419. The van der Waals surface area contributed by atoms with Gasteiger partial charge in [0.05, 0.1) is 5.69 Å². The minimum Gasteiger partial charge on any atom is -0.304 e. The Balaban J connectivity index is 1.51. The number of halogens is 2. The maximum Gasteiger partial charge on any atom is 0.260 e. The maximum absolute atomic E-state index is 13.6. The zero-order valence-electron chi connectivity index (χ0n) is 18.1. The number of likely N-dealkylation sites (N-methyl/N-ethyl adjacent to an activating group) is 1. The van der Waals surface area contributed by atoms with Crippen molar-refractivity contribution in [2.24, 2.45) is 0 Å². The van der Waals surface area contributed by atoms with E-state index in [0.29, 0.717) is 15.7 Å². The van der Waals surface area contributed by atoms with Gasteiger partial charge in [-0.3, -0.25) is 20.5 Å². The molecular weight excluding hydrogens is 475 g/mol. The highest BCUT2D eigenvalue weighted by Gasteiger charge is 2.31. The first-order valence-corrected chi connectivity index (χ1v) is 12.4. The zero-order valence-corrected chi connectivity index (χ0v) is 20.5. The second-order valence-corrected chi connectivity index (χ2v) is 10.3. The van der Waals surface area contributed by atoms with E-state index in [1.165, 1.54) is 15.5 Å². The summed E-state index contributed by atoms with van der Waals surface area (Å²) in [5.74, 6) is -0.111. The predicted octanol–water partition coefficient (Wildman–Crippen LogP) is 5.79. The summed E-state index contributed by atoms with van der Waals surface area (Å²) in [6.07, 6.45) is 0. The van der Waals surface area contributed by atoms with Gasteiger partial charge in [-0.2, -0.15) is 0 Å². The number of benzene rings is 3. The number of anilines is 1. The zero-order chi connectivity index (χ0) is 22.9. The van der Waals surface area contributed by atoms with Crippen LogP contribution in [0.1, 0.15) is 11.6 Å². The number of piperazine rings is 1. The lowest BCUT2D eigenvalue weighted by molar-refractivity contribution is -0.126. The van der Waals surface area contributed by atoms with E-state index in [4.69, 9.17) is 23.2 Å². The van der Waals surface area contributed by atoms with Crippen LogP contribution in [0.15, 0.2) is 60.7 Å². The summed E-state index contributed by atoms with van der Waals surface area (Å²) in [5, 5.41) is 3.42. The fourth-order valence-electron chi connectivity index (χ4n) is 4.40. The molecule has 170 valence electrons. The summed E-state index contributed by atoms with van der Waals surface area (Å²) in [6.45, 7) is 3.48. The van der Waals surface area contributed by atoms with E-state index in [1.54, 1.807) is 29.5 Å². The number of nitrogens with zero attached hydrogens (tertiary/aromatic N) is 2. The van der Waals surface area contributed by atoms with Crippen molar-refractivity contribution in [3.8, 4) is 0 Å². The molecule has 1 aliphatic rings. The summed E-state index contributed by atoms with van der Waals surface area (Å²) in [6, 6.07) is 19.4. The summed E-state index contributed by atoms with van der Waals surface area (Å²) >= 11 is 14.0. The van der Waals surface area contributed by atoms with E-state index in [9.17, 15) is 4.79 Å². The smallest absolute Gasteiger partial charge is 0.260 e. The van der Waals surface area contributed by atoms with Gasteiger partial charge in [0.15, 0.2) is 0 Å². The first kappa shape index (κ1) is 22.4. The minimum absolute atomic E-state index is 0.111. The fraction of sp³-hybridized carbons (Fsp3) is 0.240. The Hall–Kier alpha value is -2.35. The van der Waals surface area contributed by atoms with Crippen LogP contribution in [0.5, 0.6) is 0 Å². The summed E-state index contributed by atoms with van der Waals surface area (Å²) in [4.78, 5) is 18.2. The number of amides is 1. The van der Waals surface area contributed by atoms with Crippen LogP contribution in [-0.4, -0.2) is 48.9 Å². The molecule has 0 spiro atoms. The molecule has 4 aromatic rings. The van der Waals surface area contributed by atoms with Gasteiger partial charge in [-0.15, -0.1) is 11.3 Å². The number of hydrogen-bond donors (Lipinski definition) is 2. The highest BCUT2D eigenvalue weighted by Crippen LogP contribution is 2.39. The average molecular weight is 499 g/mol. The molecular formula is C25H24Cl2N4OS. The molecule has 0 saturated carbocycles. The summed E-state index contributed by atoms with van der Waals surface area (Å²) < 4.78 is 2.38. The lowest BCUT2D eigenvalue weighted by Crippen LogP contribution is -2.50. The maximum atomic E-state index is 13.6. The van der Waals surface area contributed by atoms with E-state index in [-0.39, 0.29) is 5.91 Å². The van der Waals surface area contributed by atoms with Crippen LogP contribution >= 0.6 is 34.5 Å². The first-order valence-electron chi connectivity index (χ1n) is 10.8. The molecule has 1 unspecified atom stereocenters. The fourth-order valence-corrected chi connectivity index (χ4v) is 6.16. The van der Waals surface area contributed by atoms with Crippen molar-refractivity contribution in [1.29, 1.82) is 0 Å². The quantitative estimate of drug-likeness (QED) is 0.341. The van der Waals surface area contributed by atoms with Crippen LogP contribution < -0.4 is 10.9 Å². The third kappa shape index (κ3) is 4.67. The predicted molar refractivity (Wildman–Crippen MR) is 139 cm³/mol. The molecule has 0 bridgehead atoms. The van der Waals surface area contributed by atoms with Gasteiger partial charge < -0.3 is 4.90 Å². The highest BCUT2D eigenvalue weighted by atomic mass is 35.5. The molecule has 0 aliphatic carbocycles. The van der Waals surface area contributed by atoms with Crippen molar-refractivity contribution in [2.45, 2.75) is 6.04 Å². The first-order chi connectivity index (χ1) is 16.0. The van der Waals surface area contributed by atoms with Crippen LogP contribution in [0, 0.1) is 0 Å². The standard InChI is InChI=1S/C25H24Cl2N4OS/c1-30-9-11-31(12-10-30)23(25(32)29-28-18-14-16(26)13-17(27)15-18)21-7-4-6-20-19-5-2-3-8-22(19)33-24(20)21/h2-8,13-15,23,28H,9-12H2,1H3,(H,29,32). The molecule has 1 aromatic heterocycles. The molecule has 0 radical (unpaired) electrons. The van der Waals surface area contributed by atoms with E-state index in [1.807, 2.05) is 0 Å². The number of carbonyl (C=O) groups is 1. The Morgan fingerprint density at radius 2 is 1.64 bits per heavy atom. The highest BCUT2D eigenvalue weighted by molar-refractivity contribution is 7.26. The van der Waals surface area contributed by atoms with Gasteiger partial charge in [0.2, 0.25) is 0 Å². The van der Waals surface area contributed by atoms with Crippen molar-refractivity contribution >= 4 is 66.3 Å². The Kier molecular flexibility index (Phi) is 6.45. The molecule has 2 heterocycles. The van der Waals surface area contributed by atoms with Gasteiger partial charge in [-0.05, 0) is 36.9 Å². The van der Waals surface area contributed by atoms with Crippen LogP contribution in [-0.2, 0) is 4.79 Å². The monoisotopic (exact) mass is 498 g/mol. The van der Waals surface area contributed by atoms with Gasteiger partial charge in [0.25, 0.3) is 5.91 Å². The Morgan fingerprint density at radius 1 is 0.939 bits per heavy atom. The molecule has 1 aliphatic heterocycles. The van der Waals surface area contributed by atoms with Gasteiger partial charge in [-0.25, -0.2) is 0 Å². The van der Waals surface area contributed by atoms with Gasteiger partial charge >= 0.3 is 0 Å². The molecule has 2 N–H and O–H groups in total. The molecule has 1 atom stereocenters. The number of hydrogen-bond acceptors (Lipinski definition) is 5. The number of carbonyl (C=O) groups excluding carboxylic acids is 1. The lowest BCUT2D eigenvalue weighted by atomic mass is 10.0. The number of nitrogens with one attached hydrogen (secondary N) is 2. The molecule has 1 amide bonds. The average Bonchev–Trinajstić information content (AvgIpc) is 3.18. The summed E-state index contributed by atoms with van der Waals surface area (Å²) in [5.41, 5.74) is 7.57. The Labute approximate surface area is 206 Å². The number of thiophene rings is 1. The van der Waals surface area contributed by atoms with Gasteiger partial charge in [0, 0.05) is 56.4 Å². The second-order valence-electron chi connectivity index (χ2n) is 8.34. The third-order valence-electron chi connectivity index (χ3n) is 6.07. The van der Waals surface area contributed by atoms with Crippen LogP contribution in [0.2, 0.25) is 10.0 Å². The van der Waals surface area contributed by atoms with Crippen LogP contribution in [0.3, 0.4) is 0 Å². The van der Waals surface area contributed by atoms with Crippen molar-refractivity contribution in [3.05, 3.63) is 76.3 Å². The van der Waals surface area contributed by atoms with Crippen molar-refractivity contribution in [3.63, 3.8) is 0 Å². The van der Waals surface area contributed by atoms with Crippen molar-refractivity contribution in [2.75, 3.05) is 38.7 Å². The SMILES string of the molecule is CN1CCN(C(C(=O)NNc2cc(Cl)cc(Cl)c2)c2cccc3c2sc2ccccc23)CC1. The largest absolute Gasteiger partial charge is 0.304 e. The van der Waals surface area contributed by atoms with Crippen molar-refractivity contribution < 1.29 is 4.79 Å². The Bertz CT molecular complexity index is 1300. The third-order valence-corrected chi connectivity index (χ3v) is 7.75. The van der Waals surface area contributed by atoms with E-state index in [2.05, 4.69) is 70.2 Å². The molecule has 33 heavy (non-hydrogen) atoms. The van der Waals surface area contributed by atoms with Gasteiger partial charge in [-0.1, -0.05) is 59.6 Å². The van der Waals surface area contributed by atoms with Crippen LogP contribution in [0.25, 0.3) is 20.2 Å². The van der Waals surface area contributed by atoms with E-state index in [0.717, 1.165) is 36.4 Å². The second kappa shape index (κ2) is 9.49. The number of hydrazine groups is 1. The van der Waals surface area contributed by atoms with Crippen molar-refractivity contribution in [1.82, 2.24) is 15.2 Å². The molecule has 5 nitrogen and oxygen atoms in total. The lowest BCUT2D eigenvalue weighted by Gasteiger charge is -2.37. The molecule has 1 fully saturated rings. The Morgan fingerprint density at radius 3 is 2.39 bits per heavy atom. The van der Waals surface area contributed by atoms with E-state index < -0.39 is 6.04 Å². The number of fused-ring (bicyclic) bond motifs is 3. The molecule has 1 saturated heterocycles. The molecule has 8 heteroatoms. The van der Waals surface area contributed by atoms with E-state index >= 15 is 0 Å². The van der Waals surface area contributed by atoms with Gasteiger partial charge in [0.1, 0.15) is 6.04 Å². The number of rotatable bonds is 5. The molecule has 3 aromatic carbocycles.